The molecule has 0 spiro atoms. The highest BCUT2D eigenvalue weighted by atomic mass is 15.3. The Bertz CT molecular complexity index is 467. The summed E-state index contributed by atoms with van der Waals surface area (Å²) in [5, 5.41) is 0. The number of piperidine rings is 1. The van der Waals surface area contributed by atoms with Crippen molar-refractivity contribution < 1.29 is 0 Å². The predicted molar refractivity (Wildman–Crippen MR) is 94.9 cm³/mol. The molecule has 0 radical (unpaired) electrons. The first-order valence-electron chi connectivity index (χ1n) is 9.21. The third kappa shape index (κ3) is 4.64. The van der Waals surface area contributed by atoms with Crippen LogP contribution in [0.3, 0.4) is 0 Å². The third-order valence-electron chi connectivity index (χ3n) is 5.14. The molecule has 2 fully saturated rings. The number of aryl methyl sites for hydroxylation is 1. The summed E-state index contributed by atoms with van der Waals surface area (Å²) in [6, 6.07) is 0. The highest BCUT2D eigenvalue weighted by Crippen LogP contribution is 2.21. The first-order valence-corrected chi connectivity index (χ1v) is 9.21. The van der Waals surface area contributed by atoms with Gasteiger partial charge in [0, 0.05) is 58.2 Å². The molecule has 0 bridgehead atoms. The van der Waals surface area contributed by atoms with Gasteiger partial charge >= 0.3 is 0 Å². The fourth-order valence-corrected chi connectivity index (χ4v) is 3.72. The number of rotatable bonds is 5. The molecule has 1 atom stereocenters. The molecule has 23 heavy (non-hydrogen) atoms. The van der Waals surface area contributed by atoms with E-state index in [0.717, 1.165) is 37.8 Å². The van der Waals surface area contributed by atoms with Crippen molar-refractivity contribution in [1.82, 2.24) is 19.8 Å². The van der Waals surface area contributed by atoms with Crippen molar-refractivity contribution in [3.05, 3.63) is 18.0 Å². The van der Waals surface area contributed by atoms with Crippen molar-refractivity contribution >= 4 is 5.95 Å². The van der Waals surface area contributed by atoms with Crippen molar-refractivity contribution in [1.29, 1.82) is 0 Å². The lowest BCUT2D eigenvalue weighted by Crippen LogP contribution is -2.48. The van der Waals surface area contributed by atoms with Crippen molar-refractivity contribution in [2.45, 2.75) is 32.6 Å². The maximum absolute atomic E-state index is 4.61. The summed E-state index contributed by atoms with van der Waals surface area (Å²) in [5.74, 6) is 1.68. The largest absolute Gasteiger partial charge is 0.341 e. The van der Waals surface area contributed by atoms with Crippen LogP contribution in [0.15, 0.2) is 12.4 Å². The second-order valence-electron chi connectivity index (χ2n) is 7.20. The van der Waals surface area contributed by atoms with Crippen LogP contribution in [0.1, 0.15) is 31.7 Å². The average molecular weight is 317 g/mol. The number of anilines is 1. The fraction of sp³-hybridized carbons (Fsp3) is 0.778. The van der Waals surface area contributed by atoms with Gasteiger partial charge in [0.05, 0.1) is 0 Å². The quantitative estimate of drug-likeness (QED) is 0.829. The molecular formula is C18H31N5. The van der Waals surface area contributed by atoms with Crippen LogP contribution in [0.5, 0.6) is 0 Å². The normalized spacial score (nSPS) is 24.1. The van der Waals surface area contributed by atoms with E-state index < -0.39 is 0 Å². The van der Waals surface area contributed by atoms with E-state index >= 15 is 0 Å². The third-order valence-corrected chi connectivity index (χ3v) is 5.14. The Morgan fingerprint density at radius 1 is 1.09 bits per heavy atom. The zero-order chi connectivity index (χ0) is 16.1. The summed E-state index contributed by atoms with van der Waals surface area (Å²) < 4.78 is 0. The van der Waals surface area contributed by atoms with Gasteiger partial charge in [0.15, 0.2) is 0 Å². The van der Waals surface area contributed by atoms with Crippen molar-refractivity contribution in [3.8, 4) is 0 Å². The Kier molecular flexibility index (Phi) is 5.84. The van der Waals surface area contributed by atoms with Crippen LogP contribution in [-0.4, -0.2) is 72.6 Å². The topological polar surface area (TPSA) is 35.5 Å². The second kappa shape index (κ2) is 8.06. The molecule has 5 heteroatoms. The highest BCUT2D eigenvalue weighted by molar-refractivity contribution is 5.30. The van der Waals surface area contributed by atoms with Gasteiger partial charge in [-0.15, -0.1) is 0 Å². The number of hydrogen-bond acceptors (Lipinski definition) is 5. The Labute approximate surface area is 140 Å². The molecule has 3 rings (SSSR count). The Morgan fingerprint density at radius 3 is 2.52 bits per heavy atom. The van der Waals surface area contributed by atoms with E-state index in [0.29, 0.717) is 0 Å². The summed E-state index contributed by atoms with van der Waals surface area (Å²) in [7, 11) is 2.22. The van der Waals surface area contributed by atoms with Crippen LogP contribution in [-0.2, 0) is 6.42 Å². The molecule has 2 aliphatic rings. The summed E-state index contributed by atoms with van der Waals surface area (Å²) in [6.07, 6.45) is 8.85. The maximum Gasteiger partial charge on any atom is 0.225 e. The molecule has 0 aromatic carbocycles. The van der Waals surface area contributed by atoms with Crippen molar-refractivity contribution in [2.24, 2.45) is 5.92 Å². The van der Waals surface area contributed by atoms with E-state index in [1.807, 2.05) is 12.4 Å². The number of likely N-dealkylation sites (N-methyl/N-ethyl adjacent to an activating group) is 1. The lowest BCUT2D eigenvalue weighted by molar-refractivity contribution is 0.131. The van der Waals surface area contributed by atoms with E-state index in [-0.39, 0.29) is 0 Å². The molecule has 3 heterocycles. The highest BCUT2D eigenvalue weighted by Gasteiger charge is 2.24. The molecule has 1 aromatic rings. The van der Waals surface area contributed by atoms with Gasteiger partial charge in [0.2, 0.25) is 5.95 Å². The van der Waals surface area contributed by atoms with E-state index in [9.17, 15) is 0 Å². The standard InChI is InChI=1S/C18H31N5/c1-3-5-16-12-19-18(20-13-16)23-7-4-6-17(15-23)14-22-10-8-21(2)9-11-22/h12-13,17H,3-11,14-15H2,1-2H3. The minimum Gasteiger partial charge on any atom is -0.341 e. The van der Waals surface area contributed by atoms with Crippen LogP contribution < -0.4 is 4.90 Å². The first-order chi connectivity index (χ1) is 11.2. The number of nitrogens with zero attached hydrogens (tertiary/aromatic N) is 5. The molecule has 5 nitrogen and oxygen atoms in total. The van der Waals surface area contributed by atoms with E-state index in [1.54, 1.807) is 0 Å². The molecule has 1 unspecified atom stereocenters. The lowest BCUT2D eigenvalue weighted by Gasteiger charge is -2.38. The van der Waals surface area contributed by atoms with E-state index in [2.05, 4.69) is 38.6 Å². The van der Waals surface area contributed by atoms with Crippen LogP contribution >= 0.6 is 0 Å². The van der Waals surface area contributed by atoms with E-state index in [4.69, 9.17) is 0 Å². The summed E-state index contributed by atoms with van der Waals surface area (Å²) in [5.41, 5.74) is 1.25. The SMILES string of the molecule is CCCc1cnc(N2CCCC(CN3CCN(C)CC3)C2)nc1. The Balaban J connectivity index is 1.53. The first kappa shape index (κ1) is 16.7. The van der Waals surface area contributed by atoms with Gasteiger partial charge in [-0.3, -0.25) is 0 Å². The summed E-state index contributed by atoms with van der Waals surface area (Å²) in [4.78, 5) is 16.7. The van der Waals surface area contributed by atoms with Gasteiger partial charge in [-0.25, -0.2) is 9.97 Å². The van der Waals surface area contributed by atoms with Crippen LogP contribution in [0.25, 0.3) is 0 Å². The molecule has 0 aliphatic carbocycles. The van der Waals surface area contributed by atoms with Gasteiger partial charge in [-0.05, 0) is 37.8 Å². The van der Waals surface area contributed by atoms with Gasteiger partial charge in [-0.2, -0.15) is 0 Å². The number of hydrogen-bond donors (Lipinski definition) is 0. The average Bonchev–Trinajstić information content (AvgIpc) is 2.58. The van der Waals surface area contributed by atoms with Crippen LogP contribution in [0.4, 0.5) is 5.95 Å². The second-order valence-corrected chi connectivity index (χ2v) is 7.20. The fourth-order valence-electron chi connectivity index (χ4n) is 3.72. The zero-order valence-electron chi connectivity index (χ0n) is 14.7. The summed E-state index contributed by atoms with van der Waals surface area (Å²) in [6.45, 7) is 10.5. The Hall–Kier alpha value is -1.20. The van der Waals surface area contributed by atoms with E-state index in [1.165, 1.54) is 51.1 Å². The van der Waals surface area contributed by atoms with Gasteiger partial charge in [0.1, 0.15) is 0 Å². The molecule has 0 amide bonds. The lowest BCUT2D eigenvalue weighted by atomic mass is 9.97. The van der Waals surface area contributed by atoms with Crippen LogP contribution in [0, 0.1) is 5.92 Å². The molecular weight excluding hydrogens is 286 g/mol. The van der Waals surface area contributed by atoms with Gasteiger partial charge < -0.3 is 14.7 Å². The minimum absolute atomic E-state index is 0.756. The summed E-state index contributed by atoms with van der Waals surface area (Å²) >= 11 is 0. The van der Waals surface area contributed by atoms with Gasteiger partial charge in [-0.1, -0.05) is 13.3 Å². The van der Waals surface area contributed by atoms with Crippen molar-refractivity contribution in [2.75, 3.05) is 57.8 Å². The monoisotopic (exact) mass is 317 g/mol. The smallest absolute Gasteiger partial charge is 0.225 e. The maximum atomic E-state index is 4.61. The van der Waals surface area contributed by atoms with Crippen molar-refractivity contribution in [3.63, 3.8) is 0 Å². The predicted octanol–water partition coefficient (Wildman–Crippen LogP) is 1.89. The molecule has 2 aliphatic heterocycles. The molecule has 0 N–H and O–H groups in total. The molecule has 0 saturated carbocycles. The number of aromatic nitrogens is 2. The van der Waals surface area contributed by atoms with Crippen LogP contribution in [0.2, 0.25) is 0 Å². The molecule has 2 saturated heterocycles. The molecule has 128 valence electrons. The van der Waals surface area contributed by atoms with Gasteiger partial charge in [0.25, 0.3) is 0 Å². The minimum atomic E-state index is 0.756. The molecule has 1 aromatic heterocycles. The number of piperazine rings is 1. The Morgan fingerprint density at radius 2 is 1.83 bits per heavy atom. The zero-order valence-corrected chi connectivity index (χ0v) is 14.7.